The molecule has 0 radical (unpaired) electrons. The van der Waals surface area contributed by atoms with Gasteiger partial charge in [-0.3, -0.25) is 4.98 Å². The summed E-state index contributed by atoms with van der Waals surface area (Å²) < 4.78 is 0. The fourth-order valence-electron chi connectivity index (χ4n) is 1.75. The molecule has 0 aliphatic rings. The number of aromatic nitrogens is 1. The van der Waals surface area contributed by atoms with Gasteiger partial charge < -0.3 is 5.73 Å². The highest BCUT2D eigenvalue weighted by molar-refractivity contribution is 7.16. The summed E-state index contributed by atoms with van der Waals surface area (Å²) in [6.07, 6.45) is 2.84. The van der Waals surface area contributed by atoms with Gasteiger partial charge in [-0.1, -0.05) is 13.0 Å². The number of rotatable bonds is 2. The summed E-state index contributed by atoms with van der Waals surface area (Å²) in [4.78, 5) is 5.70. The predicted molar refractivity (Wildman–Crippen MR) is 66.1 cm³/mol. The van der Waals surface area contributed by atoms with Gasteiger partial charge in [0.05, 0.1) is 10.7 Å². The van der Waals surface area contributed by atoms with E-state index in [1.165, 1.54) is 10.4 Å². The van der Waals surface area contributed by atoms with Gasteiger partial charge in [0.2, 0.25) is 0 Å². The van der Waals surface area contributed by atoms with Gasteiger partial charge in [0.1, 0.15) is 0 Å². The second kappa shape index (κ2) is 4.03. The van der Waals surface area contributed by atoms with Crippen LogP contribution in [-0.4, -0.2) is 4.98 Å². The van der Waals surface area contributed by atoms with Crippen LogP contribution in [0.3, 0.4) is 0 Å². The number of nitrogens with zero attached hydrogens (tertiary/aromatic N) is 1. The van der Waals surface area contributed by atoms with Gasteiger partial charge in [0, 0.05) is 16.6 Å². The maximum absolute atomic E-state index is 6.03. The van der Waals surface area contributed by atoms with Gasteiger partial charge in [-0.15, -0.1) is 11.3 Å². The van der Waals surface area contributed by atoms with Gasteiger partial charge in [0.15, 0.2) is 0 Å². The van der Waals surface area contributed by atoms with E-state index < -0.39 is 0 Å². The first-order valence-electron chi connectivity index (χ1n) is 5.03. The van der Waals surface area contributed by atoms with Crippen molar-refractivity contribution >= 4 is 16.3 Å². The molecule has 3 heteroatoms. The Morgan fingerprint density at radius 1 is 1.40 bits per heavy atom. The first-order valence-corrected chi connectivity index (χ1v) is 5.84. The van der Waals surface area contributed by atoms with Crippen LogP contribution in [0.4, 0.5) is 5.00 Å². The third-order valence-corrected chi connectivity index (χ3v) is 3.78. The van der Waals surface area contributed by atoms with Crippen LogP contribution in [0.2, 0.25) is 0 Å². The lowest BCUT2D eigenvalue weighted by atomic mass is 10.1. The van der Waals surface area contributed by atoms with Crippen LogP contribution in [0.15, 0.2) is 24.4 Å². The van der Waals surface area contributed by atoms with Crippen LogP contribution in [0.25, 0.3) is 11.3 Å². The Morgan fingerprint density at radius 3 is 2.73 bits per heavy atom. The maximum atomic E-state index is 6.03. The van der Waals surface area contributed by atoms with Crippen molar-refractivity contribution in [2.45, 2.75) is 20.3 Å². The molecule has 0 bridgehead atoms. The highest BCUT2D eigenvalue weighted by atomic mass is 32.1. The zero-order chi connectivity index (χ0) is 10.8. The van der Waals surface area contributed by atoms with Crippen LogP contribution in [0.1, 0.15) is 17.4 Å². The van der Waals surface area contributed by atoms with E-state index in [1.807, 2.05) is 18.2 Å². The quantitative estimate of drug-likeness (QED) is 0.840. The molecule has 0 atom stereocenters. The smallest absolute Gasteiger partial charge is 0.0957 e. The van der Waals surface area contributed by atoms with Crippen molar-refractivity contribution in [2.24, 2.45) is 0 Å². The second-order valence-corrected chi connectivity index (χ2v) is 4.59. The number of pyridine rings is 1. The summed E-state index contributed by atoms with van der Waals surface area (Å²) in [7, 11) is 0. The fraction of sp³-hybridized carbons (Fsp3) is 0.250. The monoisotopic (exact) mass is 218 g/mol. The van der Waals surface area contributed by atoms with E-state index in [1.54, 1.807) is 17.5 Å². The molecule has 0 aromatic carbocycles. The number of aryl methyl sites for hydroxylation is 1. The van der Waals surface area contributed by atoms with E-state index in [-0.39, 0.29) is 0 Å². The minimum Gasteiger partial charge on any atom is -0.390 e. The summed E-state index contributed by atoms with van der Waals surface area (Å²) >= 11 is 1.67. The Kier molecular flexibility index (Phi) is 2.73. The molecule has 2 aromatic rings. The molecule has 2 N–H and O–H groups in total. The van der Waals surface area contributed by atoms with Crippen LogP contribution >= 0.6 is 11.3 Å². The summed E-state index contributed by atoms with van der Waals surface area (Å²) in [6, 6.07) is 5.91. The molecule has 0 saturated carbocycles. The van der Waals surface area contributed by atoms with Crippen LogP contribution in [-0.2, 0) is 6.42 Å². The van der Waals surface area contributed by atoms with E-state index in [2.05, 4.69) is 18.8 Å². The molecule has 0 unspecified atom stereocenters. The van der Waals surface area contributed by atoms with Gasteiger partial charge in [0.25, 0.3) is 0 Å². The number of hydrogen-bond donors (Lipinski definition) is 1. The van der Waals surface area contributed by atoms with Crippen molar-refractivity contribution in [1.29, 1.82) is 0 Å². The number of nitrogens with two attached hydrogens (primary N) is 1. The third-order valence-electron chi connectivity index (χ3n) is 2.51. The van der Waals surface area contributed by atoms with E-state index in [0.717, 1.165) is 22.7 Å². The van der Waals surface area contributed by atoms with Crippen molar-refractivity contribution < 1.29 is 0 Å². The van der Waals surface area contributed by atoms with E-state index in [0.29, 0.717) is 0 Å². The van der Waals surface area contributed by atoms with Gasteiger partial charge in [-0.2, -0.15) is 0 Å². The molecule has 0 amide bonds. The molecule has 0 spiro atoms. The van der Waals surface area contributed by atoms with Gasteiger partial charge in [-0.05, 0) is 31.0 Å². The zero-order valence-electron chi connectivity index (χ0n) is 8.95. The van der Waals surface area contributed by atoms with E-state index in [9.17, 15) is 0 Å². The molecule has 78 valence electrons. The normalized spacial score (nSPS) is 10.5. The average Bonchev–Trinajstić information content (AvgIpc) is 2.55. The van der Waals surface area contributed by atoms with Crippen molar-refractivity contribution in [3.05, 3.63) is 34.8 Å². The third kappa shape index (κ3) is 1.75. The lowest BCUT2D eigenvalue weighted by Gasteiger charge is -2.01. The second-order valence-electron chi connectivity index (χ2n) is 3.46. The molecule has 0 saturated heterocycles. The van der Waals surface area contributed by atoms with Crippen molar-refractivity contribution in [3.8, 4) is 11.3 Å². The van der Waals surface area contributed by atoms with Crippen molar-refractivity contribution in [3.63, 3.8) is 0 Å². The Balaban J connectivity index is 2.58. The van der Waals surface area contributed by atoms with Crippen molar-refractivity contribution in [2.75, 3.05) is 5.73 Å². The fourth-order valence-corrected chi connectivity index (χ4v) is 2.78. The lowest BCUT2D eigenvalue weighted by Crippen LogP contribution is -1.88. The summed E-state index contributed by atoms with van der Waals surface area (Å²) in [5.74, 6) is 0. The first-order chi connectivity index (χ1) is 7.24. The topological polar surface area (TPSA) is 38.9 Å². The molecule has 2 heterocycles. The van der Waals surface area contributed by atoms with Crippen molar-refractivity contribution in [1.82, 2.24) is 4.98 Å². The summed E-state index contributed by atoms with van der Waals surface area (Å²) in [5.41, 5.74) is 9.39. The Bertz CT molecular complexity index is 460. The molecular formula is C12H14N2S. The molecule has 0 aliphatic heterocycles. The highest BCUT2D eigenvalue weighted by Gasteiger charge is 2.13. The number of anilines is 1. The minimum absolute atomic E-state index is 0.878. The Morgan fingerprint density at radius 2 is 2.20 bits per heavy atom. The first kappa shape index (κ1) is 10.2. The molecule has 0 fully saturated rings. The number of thiophene rings is 1. The molecule has 2 nitrogen and oxygen atoms in total. The van der Waals surface area contributed by atoms with Gasteiger partial charge in [-0.25, -0.2) is 0 Å². The largest absolute Gasteiger partial charge is 0.390 e. The van der Waals surface area contributed by atoms with Crippen LogP contribution in [0.5, 0.6) is 0 Å². The zero-order valence-corrected chi connectivity index (χ0v) is 9.77. The number of nitrogen functional groups attached to an aromatic ring is 1. The average molecular weight is 218 g/mol. The molecule has 2 rings (SSSR count). The summed E-state index contributed by atoms with van der Waals surface area (Å²) in [6.45, 7) is 4.27. The molecular weight excluding hydrogens is 204 g/mol. The predicted octanol–water partition coefficient (Wildman–Crippen LogP) is 3.26. The molecule has 2 aromatic heterocycles. The SMILES string of the molecule is CCc1sc(N)c(-c2ccccn2)c1C. The number of hydrogen-bond acceptors (Lipinski definition) is 3. The van der Waals surface area contributed by atoms with Crippen LogP contribution < -0.4 is 5.73 Å². The lowest BCUT2D eigenvalue weighted by molar-refractivity contribution is 1.16. The minimum atomic E-state index is 0.878. The Hall–Kier alpha value is -1.35. The highest BCUT2D eigenvalue weighted by Crippen LogP contribution is 2.37. The van der Waals surface area contributed by atoms with Gasteiger partial charge >= 0.3 is 0 Å². The standard InChI is InChI=1S/C12H14N2S/c1-3-10-8(2)11(12(13)15-10)9-6-4-5-7-14-9/h4-7H,3,13H2,1-2H3. The maximum Gasteiger partial charge on any atom is 0.0957 e. The van der Waals surface area contributed by atoms with E-state index in [4.69, 9.17) is 5.73 Å². The summed E-state index contributed by atoms with van der Waals surface area (Å²) in [5, 5.41) is 0.878. The molecule has 0 aliphatic carbocycles. The van der Waals surface area contributed by atoms with Crippen LogP contribution in [0, 0.1) is 6.92 Å². The molecule has 15 heavy (non-hydrogen) atoms. The van der Waals surface area contributed by atoms with E-state index >= 15 is 0 Å². The Labute approximate surface area is 93.8 Å².